The van der Waals surface area contributed by atoms with Crippen LogP contribution in [0.4, 0.5) is 5.69 Å². The fourth-order valence-electron chi connectivity index (χ4n) is 2.71. The lowest BCUT2D eigenvalue weighted by molar-refractivity contribution is 0.0983. The second-order valence-electron chi connectivity index (χ2n) is 5.40. The molecule has 1 heterocycles. The van der Waals surface area contributed by atoms with Gasteiger partial charge >= 0.3 is 0 Å². The molecule has 0 aliphatic carbocycles. The fraction of sp³-hybridized carbons (Fsp3) is 0.222. The summed E-state index contributed by atoms with van der Waals surface area (Å²) in [5, 5.41) is 0. The highest BCUT2D eigenvalue weighted by Gasteiger charge is 2.25. The minimum Gasteiger partial charge on any atom is -0.493 e. The summed E-state index contributed by atoms with van der Waals surface area (Å²) in [6, 6.07) is 9.01. The predicted molar refractivity (Wildman–Crippen MR) is 95.0 cm³/mol. The number of Topliss-reactive ketones (excluding diaryl/α,β-unsaturated/α-hetero) is 1. The molecule has 0 unspecified atom stereocenters. The van der Waals surface area contributed by atoms with Gasteiger partial charge in [0.05, 0.1) is 31.0 Å². The normalized spacial score (nSPS) is 10.8. The molecule has 0 radical (unpaired) electrons. The summed E-state index contributed by atoms with van der Waals surface area (Å²) in [6.07, 6.45) is 0.140. The van der Waals surface area contributed by atoms with Crippen LogP contribution in [-0.4, -0.2) is 31.5 Å². The van der Waals surface area contributed by atoms with Crippen molar-refractivity contribution in [1.29, 1.82) is 0 Å². The van der Waals surface area contributed by atoms with E-state index in [0.29, 0.717) is 28.3 Å². The van der Waals surface area contributed by atoms with Crippen molar-refractivity contribution in [2.45, 2.75) is 6.42 Å². The molecule has 0 aliphatic heterocycles. The fourth-order valence-corrected chi connectivity index (χ4v) is 2.71. The first-order valence-corrected chi connectivity index (χ1v) is 7.74. The maximum atomic E-state index is 12.5. The van der Waals surface area contributed by atoms with Crippen molar-refractivity contribution in [3.8, 4) is 23.0 Å². The predicted octanol–water partition coefficient (Wildman–Crippen LogP) is 2.63. The average molecular weight is 341 g/mol. The van der Waals surface area contributed by atoms with E-state index in [4.69, 9.17) is 25.4 Å². The molecule has 0 atom stereocenters. The molecular weight excluding hydrogens is 322 g/mol. The van der Waals surface area contributed by atoms with Crippen LogP contribution in [0.5, 0.6) is 11.5 Å². The van der Waals surface area contributed by atoms with Crippen LogP contribution in [0.15, 0.2) is 34.7 Å². The number of hydrogen-bond donors (Lipinski definition) is 2. The summed E-state index contributed by atoms with van der Waals surface area (Å²) < 4.78 is 16.5. The van der Waals surface area contributed by atoms with Gasteiger partial charge in [-0.25, -0.2) is 4.98 Å². The Morgan fingerprint density at radius 3 is 2.64 bits per heavy atom. The molecule has 0 bridgehead atoms. The third-order valence-corrected chi connectivity index (χ3v) is 3.88. The van der Waals surface area contributed by atoms with Crippen molar-refractivity contribution < 1.29 is 18.7 Å². The standard InChI is InChI=1S/C18H19N3O4/c1-23-14-9-10(18-21-11-5-3-4-6-13(11)25-18)16(20)15(17(14)24-2)12(22)7-8-19/h3-6,9H,7-8,19-20H2,1-2H3. The number of carbonyl (C=O) groups is 1. The van der Waals surface area contributed by atoms with Gasteiger partial charge in [-0.1, -0.05) is 12.1 Å². The minimum atomic E-state index is -0.229. The lowest BCUT2D eigenvalue weighted by atomic mass is 9.99. The Morgan fingerprint density at radius 1 is 1.24 bits per heavy atom. The van der Waals surface area contributed by atoms with Crippen LogP contribution in [-0.2, 0) is 0 Å². The van der Waals surface area contributed by atoms with Gasteiger partial charge < -0.3 is 25.4 Å². The Balaban J connectivity index is 2.26. The molecule has 1 aromatic heterocycles. The van der Waals surface area contributed by atoms with Crippen LogP contribution in [0.3, 0.4) is 0 Å². The van der Waals surface area contributed by atoms with Gasteiger partial charge in [0.25, 0.3) is 0 Å². The van der Waals surface area contributed by atoms with Crippen molar-refractivity contribution >= 4 is 22.6 Å². The van der Waals surface area contributed by atoms with E-state index >= 15 is 0 Å². The molecule has 3 aromatic rings. The smallest absolute Gasteiger partial charge is 0.229 e. The third kappa shape index (κ3) is 2.89. The van der Waals surface area contributed by atoms with Crippen molar-refractivity contribution in [3.63, 3.8) is 0 Å². The quantitative estimate of drug-likeness (QED) is 0.523. The largest absolute Gasteiger partial charge is 0.493 e. The van der Waals surface area contributed by atoms with Gasteiger partial charge in [-0.3, -0.25) is 4.79 Å². The number of nitrogens with zero attached hydrogens (tertiary/aromatic N) is 1. The number of oxazole rings is 1. The van der Waals surface area contributed by atoms with Crippen LogP contribution < -0.4 is 20.9 Å². The SMILES string of the molecule is COc1cc(-c2nc3ccccc3o2)c(N)c(C(=O)CCN)c1OC. The van der Waals surface area contributed by atoms with Crippen LogP contribution in [0.1, 0.15) is 16.8 Å². The summed E-state index contributed by atoms with van der Waals surface area (Å²) in [6.45, 7) is 0.205. The number of ketones is 1. The van der Waals surface area contributed by atoms with E-state index in [-0.39, 0.29) is 35.7 Å². The second-order valence-corrected chi connectivity index (χ2v) is 5.40. The molecule has 0 saturated carbocycles. The molecule has 0 fully saturated rings. The molecule has 0 aliphatic rings. The van der Waals surface area contributed by atoms with Crippen LogP contribution >= 0.6 is 0 Å². The molecule has 0 saturated heterocycles. The molecule has 7 nitrogen and oxygen atoms in total. The third-order valence-electron chi connectivity index (χ3n) is 3.88. The highest BCUT2D eigenvalue weighted by atomic mass is 16.5. The van der Waals surface area contributed by atoms with E-state index in [1.807, 2.05) is 24.3 Å². The number of fused-ring (bicyclic) bond motifs is 1. The number of carbonyl (C=O) groups excluding carboxylic acids is 1. The van der Waals surface area contributed by atoms with E-state index in [2.05, 4.69) is 4.98 Å². The summed E-state index contributed by atoms with van der Waals surface area (Å²) >= 11 is 0. The summed E-state index contributed by atoms with van der Waals surface area (Å²) in [4.78, 5) is 17.0. The maximum Gasteiger partial charge on any atom is 0.229 e. The molecule has 0 spiro atoms. The van der Waals surface area contributed by atoms with E-state index in [1.54, 1.807) is 6.07 Å². The first-order chi connectivity index (χ1) is 12.1. The van der Waals surface area contributed by atoms with Crippen LogP contribution in [0.2, 0.25) is 0 Å². The summed E-state index contributed by atoms with van der Waals surface area (Å²) in [5.41, 5.74) is 14.0. The number of para-hydroxylation sites is 2. The highest BCUT2D eigenvalue weighted by molar-refractivity contribution is 6.07. The number of nitrogens with two attached hydrogens (primary N) is 2. The van der Waals surface area contributed by atoms with Gasteiger partial charge in [0.15, 0.2) is 22.9 Å². The Morgan fingerprint density at radius 2 is 2.00 bits per heavy atom. The van der Waals surface area contributed by atoms with Crippen molar-refractivity contribution in [3.05, 3.63) is 35.9 Å². The summed E-state index contributed by atoms with van der Waals surface area (Å²) in [5.74, 6) is 0.724. The van der Waals surface area contributed by atoms with Gasteiger partial charge in [-0.05, 0) is 24.7 Å². The van der Waals surface area contributed by atoms with Gasteiger partial charge in [-0.2, -0.15) is 0 Å². The average Bonchev–Trinajstić information content (AvgIpc) is 3.05. The number of nitrogen functional groups attached to an aromatic ring is 1. The van der Waals surface area contributed by atoms with Crippen molar-refractivity contribution in [2.24, 2.45) is 5.73 Å². The van der Waals surface area contributed by atoms with E-state index in [1.165, 1.54) is 14.2 Å². The highest BCUT2D eigenvalue weighted by Crippen LogP contribution is 2.42. The van der Waals surface area contributed by atoms with E-state index < -0.39 is 0 Å². The lowest BCUT2D eigenvalue weighted by Gasteiger charge is -2.16. The van der Waals surface area contributed by atoms with Crippen molar-refractivity contribution in [2.75, 3.05) is 26.5 Å². The van der Waals surface area contributed by atoms with Gasteiger partial charge in [0.2, 0.25) is 5.89 Å². The number of hydrogen-bond acceptors (Lipinski definition) is 7. The van der Waals surface area contributed by atoms with Gasteiger partial charge in [0.1, 0.15) is 5.52 Å². The molecule has 3 rings (SSSR count). The first kappa shape index (κ1) is 16.8. The van der Waals surface area contributed by atoms with E-state index in [9.17, 15) is 4.79 Å². The molecular formula is C18H19N3O4. The number of methoxy groups -OCH3 is 2. The van der Waals surface area contributed by atoms with Crippen molar-refractivity contribution in [1.82, 2.24) is 4.98 Å². The molecule has 0 amide bonds. The number of ether oxygens (including phenoxy) is 2. The Bertz CT molecular complexity index is 900. The first-order valence-electron chi connectivity index (χ1n) is 7.74. The number of benzene rings is 2. The monoisotopic (exact) mass is 341 g/mol. The zero-order valence-electron chi connectivity index (χ0n) is 14.0. The Kier molecular flexibility index (Phi) is 4.58. The number of anilines is 1. The Hall–Kier alpha value is -3.06. The van der Waals surface area contributed by atoms with Gasteiger partial charge in [0, 0.05) is 6.42 Å². The Labute approximate surface area is 144 Å². The molecule has 7 heteroatoms. The number of rotatable bonds is 6. The molecule has 25 heavy (non-hydrogen) atoms. The number of aromatic nitrogens is 1. The van der Waals surface area contributed by atoms with E-state index in [0.717, 1.165) is 0 Å². The zero-order valence-corrected chi connectivity index (χ0v) is 14.0. The zero-order chi connectivity index (χ0) is 18.0. The molecule has 130 valence electrons. The molecule has 4 N–H and O–H groups in total. The van der Waals surface area contributed by atoms with Crippen LogP contribution in [0, 0.1) is 0 Å². The van der Waals surface area contributed by atoms with Crippen LogP contribution in [0.25, 0.3) is 22.6 Å². The summed E-state index contributed by atoms with van der Waals surface area (Å²) in [7, 11) is 2.94. The minimum absolute atomic E-state index is 0.140. The second kappa shape index (κ2) is 6.82. The molecule has 2 aromatic carbocycles. The van der Waals surface area contributed by atoms with Gasteiger partial charge in [-0.15, -0.1) is 0 Å². The lowest BCUT2D eigenvalue weighted by Crippen LogP contribution is -2.13. The maximum absolute atomic E-state index is 12.5. The topological polar surface area (TPSA) is 114 Å².